The van der Waals surface area contributed by atoms with Crippen LogP contribution in [-0.2, 0) is 32.6 Å². The summed E-state index contributed by atoms with van der Waals surface area (Å²) < 4.78 is 29.6. The van der Waals surface area contributed by atoms with Crippen molar-refractivity contribution in [3.8, 4) is 0 Å². The van der Waals surface area contributed by atoms with Crippen LogP contribution in [0.3, 0.4) is 0 Å². The smallest absolute Gasteiger partial charge is 0.264 e. The Hall–Kier alpha value is -3.85. The maximum Gasteiger partial charge on any atom is 0.264 e. The predicted molar refractivity (Wildman–Crippen MR) is 186 cm³/mol. The molecule has 0 aliphatic carbocycles. The van der Waals surface area contributed by atoms with Crippen LogP contribution in [0.25, 0.3) is 0 Å². The fraction of sp³-hybridized carbons (Fsp3) is 0.278. The highest BCUT2D eigenvalue weighted by Gasteiger charge is 2.36. The minimum atomic E-state index is -4.24. The van der Waals surface area contributed by atoms with Crippen molar-refractivity contribution in [1.29, 1.82) is 0 Å². The molecule has 7 nitrogen and oxygen atoms in total. The number of carbonyl (C=O) groups is 2. The first-order chi connectivity index (χ1) is 21.7. The van der Waals surface area contributed by atoms with Crippen LogP contribution in [0.15, 0.2) is 102 Å². The Bertz CT molecular complexity index is 1770. The molecule has 4 rings (SSSR count). The summed E-state index contributed by atoms with van der Waals surface area (Å²) in [5, 5.41) is 3.92. The lowest BCUT2D eigenvalue weighted by molar-refractivity contribution is -0.140. The molecule has 0 heterocycles. The minimum absolute atomic E-state index is 0.0286. The van der Waals surface area contributed by atoms with Gasteiger partial charge in [-0.1, -0.05) is 89.4 Å². The quantitative estimate of drug-likeness (QED) is 0.179. The molecule has 0 aliphatic heterocycles. The largest absolute Gasteiger partial charge is 0.350 e. The molecule has 46 heavy (non-hydrogen) atoms. The number of halogens is 2. The predicted octanol–water partition coefficient (Wildman–Crippen LogP) is 7.36. The summed E-state index contributed by atoms with van der Waals surface area (Å²) in [6.45, 7) is 8.65. The Morgan fingerprint density at radius 1 is 0.804 bits per heavy atom. The normalized spacial score (nSPS) is 12.3. The van der Waals surface area contributed by atoms with Crippen molar-refractivity contribution in [2.45, 2.75) is 64.1 Å². The first kappa shape index (κ1) is 35.0. The van der Waals surface area contributed by atoms with Crippen LogP contribution in [0, 0.1) is 13.8 Å². The summed E-state index contributed by atoms with van der Waals surface area (Å²) in [7, 11) is -4.24. The van der Waals surface area contributed by atoms with Crippen LogP contribution in [0.2, 0.25) is 10.0 Å². The number of anilines is 1. The van der Waals surface area contributed by atoms with Gasteiger partial charge in [0.25, 0.3) is 10.0 Å². The number of benzene rings is 4. The van der Waals surface area contributed by atoms with E-state index in [2.05, 4.69) is 5.32 Å². The number of sulfonamides is 1. The SMILES string of the molecule is Cc1ccc(S(=O)(=O)N(CC(=O)N(Cc2ccc(Cl)cc2)[C@H](Cc2ccccc2)C(=O)NC(C)(C)C)c2cccc(Cl)c2C)cc1. The monoisotopic (exact) mass is 679 g/mol. The van der Waals surface area contributed by atoms with Crippen LogP contribution in [0.4, 0.5) is 5.69 Å². The lowest BCUT2D eigenvalue weighted by atomic mass is 10.0. The standard InChI is InChI=1S/C36H39Cl2N3O4S/c1-25-14-20-30(21-15-25)46(44,45)41(32-13-9-12-31(38)26(32)2)24-34(42)40(23-28-16-18-29(37)19-17-28)33(35(43)39-36(3,4)5)22-27-10-7-6-8-11-27/h6-21,33H,22-24H2,1-5H3,(H,39,43)/t33-/m1/s1. The van der Waals surface area contributed by atoms with Crippen LogP contribution in [0.1, 0.15) is 43.0 Å². The number of rotatable bonds is 11. The van der Waals surface area contributed by atoms with Gasteiger partial charge in [-0.05, 0) is 87.7 Å². The molecular weight excluding hydrogens is 641 g/mol. The maximum atomic E-state index is 14.6. The zero-order valence-corrected chi connectivity index (χ0v) is 29.0. The Labute approximate surface area is 282 Å². The van der Waals surface area contributed by atoms with Gasteiger partial charge in [0.15, 0.2) is 0 Å². The zero-order chi connectivity index (χ0) is 33.6. The van der Waals surface area contributed by atoms with Gasteiger partial charge in [-0.25, -0.2) is 8.42 Å². The number of carbonyl (C=O) groups excluding carboxylic acids is 2. The number of amides is 2. The summed E-state index contributed by atoms with van der Waals surface area (Å²) in [5.74, 6) is -0.916. The van der Waals surface area contributed by atoms with Gasteiger partial charge in [-0.3, -0.25) is 13.9 Å². The van der Waals surface area contributed by atoms with Crippen LogP contribution in [0.5, 0.6) is 0 Å². The van der Waals surface area contributed by atoms with E-state index in [0.29, 0.717) is 15.6 Å². The molecule has 0 aliphatic rings. The molecule has 1 atom stereocenters. The van der Waals surface area contributed by atoms with E-state index >= 15 is 0 Å². The third-order valence-corrected chi connectivity index (χ3v) is 9.87. The average Bonchev–Trinajstić information content (AvgIpc) is 3.00. The molecule has 10 heteroatoms. The number of hydrogen-bond acceptors (Lipinski definition) is 4. The van der Waals surface area contributed by atoms with Crippen molar-refractivity contribution in [2.75, 3.05) is 10.8 Å². The van der Waals surface area contributed by atoms with Crippen molar-refractivity contribution in [1.82, 2.24) is 10.2 Å². The highest BCUT2D eigenvalue weighted by molar-refractivity contribution is 7.92. The molecule has 0 bridgehead atoms. The van der Waals surface area contributed by atoms with Crippen LogP contribution >= 0.6 is 23.2 Å². The van der Waals surface area contributed by atoms with E-state index in [1.165, 1.54) is 17.0 Å². The van der Waals surface area contributed by atoms with Gasteiger partial charge in [0.2, 0.25) is 11.8 Å². The van der Waals surface area contributed by atoms with E-state index in [-0.39, 0.29) is 29.5 Å². The Kier molecular flexibility index (Phi) is 11.2. The number of aryl methyl sites for hydroxylation is 1. The maximum absolute atomic E-state index is 14.6. The summed E-state index contributed by atoms with van der Waals surface area (Å²) in [4.78, 5) is 30.1. The first-order valence-corrected chi connectivity index (χ1v) is 17.1. The molecule has 1 N–H and O–H groups in total. The Morgan fingerprint density at radius 3 is 2.04 bits per heavy atom. The number of hydrogen-bond donors (Lipinski definition) is 1. The van der Waals surface area contributed by atoms with Gasteiger partial charge >= 0.3 is 0 Å². The van der Waals surface area contributed by atoms with Crippen molar-refractivity contribution < 1.29 is 18.0 Å². The lowest BCUT2D eigenvalue weighted by Crippen LogP contribution is -2.56. The molecular formula is C36H39Cl2N3O4S. The topological polar surface area (TPSA) is 86.8 Å². The molecule has 0 aromatic heterocycles. The Morgan fingerprint density at radius 2 is 1.43 bits per heavy atom. The fourth-order valence-electron chi connectivity index (χ4n) is 5.01. The molecule has 0 radical (unpaired) electrons. The third-order valence-electron chi connectivity index (χ3n) is 7.43. The highest BCUT2D eigenvalue weighted by Crippen LogP contribution is 2.31. The first-order valence-electron chi connectivity index (χ1n) is 14.9. The molecule has 0 unspecified atom stereocenters. The van der Waals surface area contributed by atoms with Crippen LogP contribution < -0.4 is 9.62 Å². The van der Waals surface area contributed by atoms with Crippen molar-refractivity contribution in [3.05, 3.63) is 129 Å². The Balaban J connectivity index is 1.84. The zero-order valence-electron chi connectivity index (χ0n) is 26.6. The van der Waals surface area contributed by atoms with E-state index in [9.17, 15) is 18.0 Å². The lowest BCUT2D eigenvalue weighted by Gasteiger charge is -2.35. The van der Waals surface area contributed by atoms with E-state index in [1.54, 1.807) is 61.5 Å². The van der Waals surface area contributed by atoms with Gasteiger partial charge in [-0.2, -0.15) is 0 Å². The van der Waals surface area contributed by atoms with Crippen molar-refractivity contribution in [2.24, 2.45) is 0 Å². The highest BCUT2D eigenvalue weighted by atomic mass is 35.5. The van der Waals surface area contributed by atoms with E-state index in [1.807, 2.05) is 58.0 Å². The second-order valence-corrected chi connectivity index (χ2v) is 15.0. The molecule has 0 fully saturated rings. The molecule has 2 amide bonds. The average molecular weight is 681 g/mol. The molecule has 0 spiro atoms. The van der Waals surface area contributed by atoms with Gasteiger partial charge in [0.1, 0.15) is 12.6 Å². The second kappa shape index (κ2) is 14.7. The van der Waals surface area contributed by atoms with Crippen molar-refractivity contribution in [3.63, 3.8) is 0 Å². The second-order valence-electron chi connectivity index (χ2n) is 12.3. The van der Waals surface area contributed by atoms with E-state index < -0.39 is 34.1 Å². The van der Waals surface area contributed by atoms with Crippen LogP contribution in [-0.4, -0.2) is 43.3 Å². The van der Waals surface area contributed by atoms with E-state index in [0.717, 1.165) is 21.0 Å². The molecule has 242 valence electrons. The molecule has 0 saturated carbocycles. The molecule has 0 saturated heterocycles. The number of nitrogens with one attached hydrogen (secondary N) is 1. The fourth-order valence-corrected chi connectivity index (χ4v) is 6.78. The van der Waals surface area contributed by atoms with E-state index in [4.69, 9.17) is 23.2 Å². The number of nitrogens with zero attached hydrogens (tertiary/aromatic N) is 2. The summed E-state index contributed by atoms with van der Waals surface area (Å²) >= 11 is 12.6. The van der Waals surface area contributed by atoms with Gasteiger partial charge in [0, 0.05) is 28.5 Å². The summed E-state index contributed by atoms with van der Waals surface area (Å²) in [6, 6.07) is 26.8. The van der Waals surface area contributed by atoms with Gasteiger partial charge < -0.3 is 10.2 Å². The summed E-state index contributed by atoms with van der Waals surface area (Å²) in [5.41, 5.74) is 2.66. The molecule has 4 aromatic carbocycles. The minimum Gasteiger partial charge on any atom is -0.350 e. The van der Waals surface area contributed by atoms with Gasteiger partial charge in [0.05, 0.1) is 10.6 Å². The van der Waals surface area contributed by atoms with Crippen molar-refractivity contribution >= 4 is 50.7 Å². The third kappa shape index (κ3) is 8.90. The van der Waals surface area contributed by atoms with Gasteiger partial charge in [-0.15, -0.1) is 0 Å². The molecule has 4 aromatic rings. The summed E-state index contributed by atoms with van der Waals surface area (Å²) in [6.07, 6.45) is 0.211.